The van der Waals surface area contributed by atoms with Crippen LogP contribution in [0.1, 0.15) is 6.42 Å². The zero-order valence-corrected chi connectivity index (χ0v) is 10.2. The van der Waals surface area contributed by atoms with Crippen LogP contribution in [0.5, 0.6) is 0 Å². The first-order valence-electron chi connectivity index (χ1n) is 6.07. The van der Waals surface area contributed by atoms with E-state index in [1.807, 2.05) is 24.3 Å². The molecule has 1 aromatic heterocycles. The van der Waals surface area contributed by atoms with Gasteiger partial charge in [0.1, 0.15) is 18.0 Å². The summed E-state index contributed by atoms with van der Waals surface area (Å²) >= 11 is 0. The Labute approximate surface area is 109 Å². The van der Waals surface area contributed by atoms with E-state index in [9.17, 15) is 9.18 Å². The molecule has 1 aliphatic heterocycles. The third-order valence-corrected chi connectivity index (χ3v) is 3.31. The van der Waals surface area contributed by atoms with E-state index in [-0.39, 0.29) is 13.0 Å². The normalized spacial score (nSPS) is 22.9. The molecular formula is C13H13FN4O. The second-order valence-corrected chi connectivity index (χ2v) is 4.62. The molecule has 0 radical (unpaired) electrons. The lowest BCUT2D eigenvalue weighted by molar-refractivity contribution is -0.119. The lowest BCUT2D eigenvalue weighted by atomic mass is 10.2. The number of para-hydroxylation sites is 2. The number of alkyl halides is 1. The Balaban J connectivity index is 2.01. The summed E-state index contributed by atoms with van der Waals surface area (Å²) in [5.74, 6) is -0.0437. The number of hydrogen-bond donors (Lipinski definition) is 1. The molecule has 2 heterocycles. The molecule has 1 amide bonds. The molecule has 0 bridgehead atoms. The molecule has 0 spiro atoms. The predicted octanol–water partition coefficient (Wildman–Crippen LogP) is 1.03. The Kier molecular flexibility index (Phi) is 2.77. The minimum absolute atomic E-state index is 0.115. The van der Waals surface area contributed by atoms with E-state index in [1.165, 1.54) is 0 Å². The molecule has 3 rings (SSSR count). The van der Waals surface area contributed by atoms with Gasteiger partial charge in [0, 0.05) is 6.42 Å². The first kappa shape index (κ1) is 11.8. The number of nitrogens with zero attached hydrogens (tertiary/aromatic N) is 3. The molecule has 0 saturated carbocycles. The Morgan fingerprint density at radius 3 is 2.84 bits per heavy atom. The van der Waals surface area contributed by atoms with E-state index in [2.05, 4.69) is 9.97 Å². The third kappa shape index (κ3) is 2.09. The maximum absolute atomic E-state index is 13.5. The number of carbonyl (C=O) groups excluding carboxylic acids is 1. The van der Waals surface area contributed by atoms with E-state index in [0.29, 0.717) is 11.3 Å². The van der Waals surface area contributed by atoms with Gasteiger partial charge in [-0.3, -0.25) is 9.78 Å². The molecule has 6 heteroatoms. The Hall–Kier alpha value is -2.24. The second kappa shape index (κ2) is 4.46. The minimum atomic E-state index is -1.06. The molecular weight excluding hydrogens is 247 g/mol. The highest BCUT2D eigenvalue weighted by molar-refractivity contribution is 5.84. The molecule has 1 saturated heterocycles. The van der Waals surface area contributed by atoms with Crippen molar-refractivity contribution in [3.05, 3.63) is 30.5 Å². The van der Waals surface area contributed by atoms with Crippen molar-refractivity contribution in [2.75, 3.05) is 11.4 Å². The Bertz CT molecular complexity index is 633. The van der Waals surface area contributed by atoms with Gasteiger partial charge in [0.2, 0.25) is 5.91 Å². The fourth-order valence-electron chi connectivity index (χ4n) is 2.39. The smallest absolute Gasteiger partial charge is 0.240 e. The highest BCUT2D eigenvalue weighted by atomic mass is 19.1. The van der Waals surface area contributed by atoms with Crippen LogP contribution in [0.15, 0.2) is 30.5 Å². The predicted molar refractivity (Wildman–Crippen MR) is 69.4 cm³/mol. The van der Waals surface area contributed by atoms with Gasteiger partial charge in [-0.05, 0) is 12.1 Å². The fraction of sp³-hybridized carbons (Fsp3) is 0.308. The Morgan fingerprint density at radius 2 is 2.11 bits per heavy atom. The number of amides is 1. The number of fused-ring (bicyclic) bond motifs is 1. The molecule has 1 fully saturated rings. The molecule has 1 aliphatic rings. The largest absolute Gasteiger partial charge is 0.368 e. The quantitative estimate of drug-likeness (QED) is 0.875. The van der Waals surface area contributed by atoms with Crippen LogP contribution >= 0.6 is 0 Å². The third-order valence-electron chi connectivity index (χ3n) is 3.31. The van der Waals surface area contributed by atoms with Gasteiger partial charge in [-0.1, -0.05) is 12.1 Å². The SMILES string of the molecule is NC(=O)[C@@H]1C[C@@H](F)CN1c1cnc2ccccc2n1. The maximum Gasteiger partial charge on any atom is 0.240 e. The summed E-state index contributed by atoms with van der Waals surface area (Å²) < 4.78 is 13.5. The number of anilines is 1. The van der Waals surface area contributed by atoms with Gasteiger partial charge in [-0.25, -0.2) is 9.37 Å². The van der Waals surface area contributed by atoms with Crippen LogP contribution in [0.2, 0.25) is 0 Å². The highest BCUT2D eigenvalue weighted by Gasteiger charge is 2.36. The molecule has 2 atom stereocenters. The molecule has 5 nitrogen and oxygen atoms in total. The molecule has 19 heavy (non-hydrogen) atoms. The van der Waals surface area contributed by atoms with Crippen LogP contribution in [0.3, 0.4) is 0 Å². The number of nitrogens with two attached hydrogens (primary N) is 1. The van der Waals surface area contributed by atoms with E-state index < -0.39 is 18.1 Å². The Morgan fingerprint density at radius 1 is 1.37 bits per heavy atom. The van der Waals surface area contributed by atoms with Crippen molar-refractivity contribution < 1.29 is 9.18 Å². The van der Waals surface area contributed by atoms with Gasteiger partial charge in [-0.2, -0.15) is 0 Å². The minimum Gasteiger partial charge on any atom is -0.368 e. The van der Waals surface area contributed by atoms with E-state index >= 15 is 0 Å². The number of carbonyl (C=O) groups is 1. The van der Waals surface area contributed by atoms with E-state index in [1.54, 1.807) is 11.1 Å². The standard InChI is InChI=1S/C13H13FN4O/c14-8-5-11(13(15)19)18(7-8)12-6-16-9-3-1-2-4-10(9)17-12/h1-4,6,8,11H,5,7H2,(H2,15,19)/t8-,11+/m1/s1. The summed E-state index contributed by atoms with van der Waals surface area (Å²) in [7, 11) is 0. The molecule has 0 unspecified atom stereocenters. The summed E-state index contributed by atoms with van der Waals surface area (Å²) in [5, 5.41) is 0. The summed E-state index contributed by atoms with van der Waals surface area (Å²) in [6.45, 7) is 0.126. The van der Waals surface area contributed by atoms with Crippen molar-refractivity contribution in [1.29, 1.82) is 0 Å². The van der Waals surface area contributed by atoms with Crippen LogP contribution in [-0.2, 0) is 4.79 Å². The van der Waals surface area contributed by atoms with Gasteiger partial charge in [0.05, 0.1) is 23.8 Å². The number of primary amides is 1. The van der Waals surface area contributed by atoms with E-state index in [4.69, 9.17) is 5.73 Å². The topological polar surface area (TPSA) is 72.1 Å². The van der Waals surface area contributed by atoms with E-state index in [0.717, 1.165) is 5.52 Å². The van der Waals surface area contributed by atoms with Crippen molar-refractivity contribution in [2.24, 2.45) is 5.73 Å². The first-order chi connectivity index (χ1) is 9.15. The van der Waals surface area contributed by atoms with Gasteiger partial charge < -0.3 is 10.6 Å². The highest BCUT2D eigenvalue weighted by Crippen LogP contribution is 2.26. The maximum atomic E-state index is 13.5. The zero-order valence-electron chi connectivity index (χ0n) is 10.2. The number of hydrogen-bond acceptors (Lipinski definition) is 4. The number of halogens is 1. The van der Waals surface area contributed by atoms with Crippen LogP contribution in [0.25, 0.3) is 11.0 Å². The summed E-state index contributed by atoms with van der Waals surface area (Å²) in [5.41, 5.74) is 6.78. The lowest BCUT2D eigenvalue weighted by Crippen LogP contribution is -2.40. The van der Waals surface area contributed by atoms with Gasteiger partial charge in [-0.15, -0.1) is 0 Å². The summed E-state index contributed by atoms with van der Waals surface area (Å²) in [6.07, 6.45) is 0.603. The van der Waals surface area contributed by atoms with Crippen molar-refractivity contribution in [2.45, 2.75) is 18.6 Å². The average Bonchev–Trinajstić information content (AvgIpc) is 2.80. The molecule has 0 aliphatic carbocycles. The van der Waals surface area contributed by atoms with Crippen molar-refractivity contribution in [3.63, 3.8) is 0 Å². The monoisotopic (exact) mass is 260 g/mol. The first-order valence-corrected chi connectivity index (χ1v) is 6.07. The van der Waals surface area contributed by atoms with Crippen molar-refractivity contribution in [3.8, 4) is 0 Å². The fourth-order valence-corrected chi connectivity index (χ4v) is 2.39. The van der Waals surface area contributed by atoms with Crippen LogP contribution in [0.4, 0.5) is 10.2 Å². The zero-order chi connectivity index (χ0) is 13.4. The van der Waals surface area contributed by atoms with Gasteiger partial charge >= 0.3 is 0 Å². The molecule has 2 N–H and O–H groups in total. The summed E-state index contributed by atoms with van der Waals surface area (Å²) in [4.78, 5) is 21.6. The van der Waals surface area contributed by atoms with Crippen molar-refractivity contribution >= 4 is 22.8 Å². The summed E-state index contributed by atoms with van der Waals surface area (Å²) in [6, 6.07) is 6.75. The number of aromatic nitrogens is 2. The van der Waals surface area contributed by atoms with Gasteiger partial charge in [0.25, 0.3) is 0 Å². The number of benzene rings is 1. The van der Waals surface area contributed by atoms with Crippen molar-refractivity contribution in [1.82, 2.24) is 9.97 Å². The second-order valence-electron chi connectivity index (χ2n) is 4.62. The lowest BCUT2D eigenvalue weighted by Gasteiger charge is -2.22. The van der Waals surface area contributed by atoms with Crippen LogP contribution in [0, 0.1) is 0 Å². The molecule has 1 aromatic carbocycles. The van der Waals surface area contributed by atoms with Crippen LogP contribution < -0.4 is 10.6 Å². The van der Waals surface area contributed by atoms with Gasteiger partial charge in [0.15, 0.2) is 0 Å². The average molecular weight is 260 g/mol. The molecule has 98 valence electrons. The number of rotatable bonds is 2. The molecule has 2 aromatic rings. The van der Waals surface area contributed by atoms with Crippen LogP contribution in [-0.4, -0.2) is 34.6 Å².